The molecule has 0 aromatic heterocycles. The minimum atomic E-state index is -0.274. The van der Waals surface area contributed by atoms with Crippen molar-refractivity contribution in [3.8, 4) is 0 Å². The van der Waals surface area contributed by atoms with Gasteiger partial charge in [0.2, 0.25) is 0 Å². The third-order valence-corrected chi connectivity index (χ3v) is 2.54. The van der Waals surface area contributed by atoms with E-state index in [0.717, 1.165) is 24.9 Å². The van der Waals surface area contributed by atoms with Gasteiger partial charge in [0.05, 0.1) is 0 Å². The zero-order chi connectivity index (χ0) is 11.3. The zero-order valence-electron chi connectivity index (χ0n) is 9.19. The number of benzene rings is 1. The molecule has 84 valence electrons. The molecule has 1 nitrogen and oxygen atoms in total. The van der Waals surface area contributed by atoms with Gasteiger partial charge in [-0.2, -0.15) is 0 Å². The predicted octanol–water partition coefficient (Wildman–Crippen LogP) is 3.41. The third kappa shape index (κ3) is 4.63. The van der Waals surface area contributed by atoms with E-state index < -0.39 is 0 Å². The highest BCUT2D eigenvalue weighted by Gasteiger charge is 2.01. The van der Waals surface area contributed by atoms with Crippen LogP contribution in [-0.2, 0) is 6.42 Å². The lowest BCUT2D eigenvalue weighted by atomic mass is 10.1. The molecule has 1 aromatic carbocycles. The van der Waals surface area contributed by atoms with Crippen LogP contribution in [0.1, 0.15) is 25.8 Å². The van der Waals surface area contributed by atoms with Crippen molar-refractivity contribution in [3.63, 3.8) is 0 Å². The first-order valence-electron chi connectivity index (χ1n) is 5.27. The van der Waals surface area contributed by atoms with Crippen molar-refractivity contribution in [1.82, 2.24) is 5.32 Å². The van der Waals surface area contributed by atoms with Crippen molar-refractivity contribution in [1.29, 1.82) is 0 Å². The second kappa shape index (κ2) is 6.09. The molecule has 0 aliphatic rings. The summed E-state index contributed by atoms with van der Waals surface area (Å²) < 4.78 is 12.7. The van der Waals surface area contributed by atoms with E-state index in [1.807, 2.05) is 0 Å². The lowest BCUT2D eigenvalue weighted by molar-refractivity contribution is 0.570. The number of aryl methyl sites for hydroxylation is 1. The van der Waals surface area contributed by atoms with Gasteiger partial charge in [0.1, 0.15) is 5.82 Å². The summed E-state index contributed by atoms with van der Waals surface area (Å²) in [6, 6.07) is 5.09. The summed E-state index contributed by atoms with van der Waals surface area (Å²) in [7, 11) is 0. The summed E-state index contributed by atoms with van der Waals surface area (Å²) in [4.78, 5) is 0. The molecular weight excluding hydrogens is 213 g/mol. The Hall–Kier alpha value is -0.600. The first kappa shape index (κ1) is 12.5. The maximum Gasteiger partial charge on any atom is 0.124 e. The Morgan fingerprint density at radius 2 is 2.13 bits per heavy atom. The van der Waals surface area contributed by atoms with Crippen LogP contribution < -0.4 is 5.32 Å². The van der Waals surface area contributed by atoms with E-state index in [0.29, 0.717) is 11.1 Å². The Bertz CT molecular complexity index is 312. The summed E-state index contributed by atoms with van der Waals surface area (Å²) in [5.41, 5.74) is 1.02. The van der Waals surface area contributed by atoms with E-state index in [1.54, 1.807) is 6.07 Å². The molecule has 0 fully saturated rings. The normalized spacial score (nSPS) is 11.0. The fraction of sp³-hybridized carbons (Fsp3) is 0.500. The van der Waals surface area contributed by atoms with Crippen LogP contribution in [0.4, 0.5) is 4.39 Å². The first-order valence-corrected chi connectivity index (χ1v) is 5.64. The summed E-state index contributed by atoms with van der Waals surface area (Å²) in [5.74, 6) is -0.274. The second-order valence-corrected chi connectivity index (χ2v) is 4.36. The van der Waals surface area contributed by atoms with E-state index >= 15 is 0 Å². The van der Waals surface area contributed by atoms with Gasteiger partial charge >= 0.3 is 0 Å². The van der Waals surface area contributed by atoms with Crippen molar-refractivity contribution < 1.29 is 4.39 Å². The summed E-state index contributed by atoms with van der Waals surface area (Å²) >= 11 is 5.91. The molecule has 3 heteroatoms. The van der Waals surface area contributed by atoms with Crippen molar-refractivity contribution in [2.75, 3.05) is 6.54 Å². The van der Waals surface area contributed by atoms with E-state index in [-0.39, 0.29) is 5.82 Å². The van der Waals surface area contributed by atoms with Crippen molar-refractivity contribution in [2.45, 2.75) is 32.7 Å². The maximum atomic E-state index is 12.7. The largest absolute Gasteiger partial charge is 0.315 e. The Labute approximate surface area is 95.6 Å². The minimum Gasteiger partial charge on any atom is -0.315 e. The predicted molar refractivity (Wildman–Crippen MR) is 62.9 cm³/mol. The van der Waals surface area contributed by atoms with Crippen molar-refractivity contribution in [2.24, 2.45) is 0 Å². The molecule has 1 N–H and O–H groups in total. The average molecular weight is 230 g/mol. The van der Waals surface area contributed by atoms with E-state index in [9.17, 15) is 4.39 Å². The molecule has 1 rings (SSSR count). The molecule has 0 saturated carbocycles. The van der Waals surface area contributed by atoms with Gasteiger partial charge in [-0.1, -0.05) is 31.5 Å². The van der Waals surface area contributed by atoms with Crippen molar-refractivity contribution in [3.05, 3.63) is 34.6 Å². The second-order valence-electron chi connectivity index (χ2n) is 3.95. The molecular formula is C12H17ClFN. The quantitative estimate of drug-likeness (QED) is 0.763. The van der Waals surface area contributed by atoms with Crippen molar-refractivity contribution >= 4 is 11.6 Å². The van der Waals surface area contributed by atoms with Gasteiger partial charge in [-0.05, 0) is 37.1 Å². The highest BCUT2D eigenvalue weighted by molar-refractivity contribution is 6.31. The molecule has 15 heavy (non-hydrogen) atoms. The Morgan fingerprint density at radius 1 is 1.40 bits per heavy atom. The average Bonchev–Trinajstić information content (AvgIpc) is 2.14. The van der Waals surface area contributed by atoms with Crippen LogP contribution in [-0.4, -0.2) is 12.6 Å². The fourth-order valence-corrected chi connectivity index (χ4v) is 1.66. The van der Waals surface area contributed by atoms with E-state index in [1.165, 1.54) is 12.1 Å². The molecule has 0 spiro atoms. The SMILES string of the molecule is CC(C)NCCCc1ccc(F)cc1Cl. The highest BCUT2D eigenvalue weighted by atomic mass is 35.5. The van der Waals surface area contributed by atoms with Crippen LogP contribution in [0.2, 0.25) is 5.02 Å². The lowest BCUT2D eigenvalue weighted by Gasteiger charge is -2.08. The smallest absolute Gasteiger partial charge is 0.124 e. The summed E-state index contributed by atoms with van der Waals surface area (Å²) in [6.45, 7) is 5.20. The third-order valence-electron chi connectivity index (χ3n) is 2.19. The van der Waals surface area contributed by atoms with E-state index in [4.69, 9.17) is 11.6 Å². The summed E-state index contributed by atoms with van der Waals surface area (Å²) in [5, 5.41) is 3.86. The van der Waals surface area contributed by atoms with Crippen LogP contribution in [0.25, 0.3) is 0 Å². The van der Waals surface area contributed by atoms with E-state index in [2.05, 4.69) is 19.2 Å². The molecule has 0 aliphatic heterocycles. The number of rotatable bonds is 5. The Balaban J connectivity index is 2.37. The van der Waals surface area contributed by atoms with Gasteiger partial charge < -0.3 is 5.32 Å². The Kier molecular flexibility index (Phi) is 5.06. The van der Waals surface area contributed by atoms with Crippen LogP contribution >= 0.6 is 11.6 Å². The number of hydrogen-bond donors (Lipinski definition) is 1. The van der Waals surface area contributed by atoms with Crippen LogP contribution in [0, 0.1) is 5.82 Å². The van der Waals surface area contributed by atoms with Gasteiger partial charge in [0.25, 0.3) is 0 Å². The Morgan fingerprint density at radius 3 is 2.73 bits per heavy atom. The number of nitrogens with one attached hydrogen (secondary N) is 1. The lowest BCUT2D eigenvalue weighted by Crippen LogP contribution is -2.23. The van der Waals surface area contributed by atoms with Crippen LogP contribution in [0.5, 0.6) is 0 Å². The van der Waals surface area contributed by atoms with Crippen LogP contribution in [0.15, 0.2) is 18.2 Å². The molecule has 0 radical (unpaired) electrons. The molecule has 0 atom stereocenters. The van der Waals surface area contributed by atoms with Gasteiger partial charge in [-0.25, -0.2) is 4.39 Å². The maximum absolute atomic E-state index is 12.7. The summed E-state index contributed by atoms with van der Waals surface area (Å²) in [6.07, 6.45) is 1.91. The van der Waals surface area contributed by atoms with Gasteiger partial charge in [-0.3, -0.25) is 0 Å². The molecule has 0 bridgehead atoms. The van der Waals surface area contributed by atoms with Gasteiger partial charge in [0, 0.05) is 11.1 Å². The molecule has 1 aromatic rings. The number of halogens is 2. The fourth-order valence-electron chi connectivity index (χ4n) is 1.39. The molecule has 0 amide bonds. The monoisotopic (exact) mass is 229 g/mol. The molecule has 0 aliphatic carbocycles. The minimum absolute atomic E-state index is 0.274. The molecule has 0 saturated heterocycles. The topological polar surface area (TPSA) is 12.0 Å². The first-order chi connectivity index (χ1) is 7.09. The zero-order valence-corrected chi connectivity index (χ0v) is 9.94. The highest BCUT2D eigenvalue weighted by Crippen LogP contribution is 2.18. The number of hydrogen-bond acceptors (Lipinski definition) is 1. The van der Waals surface area contributed by atoms with Gasteiger partial charge in [0.15, 0.2) is 0 Å². The van der Waals surface area contributed by atoms with Gasteiger partial charge in [-0.15, -0.1) is 0 Å². The van der Waals surface area contributed by atoms with Crippen LogP contribution in [0.3, 0.4) is 0 Å². The molecule has 0 heterocycles. The molecule has 0 unspecified atom stereocenters. The standard InChI is InChI=1S/C12H17ClFN/c1-9(2)15-7-3-4-10-5-6-11(14)8-12(10)13/h5-6,8-9,15H,3-4,7H2,1-2H3.